The third-order valence-electron chi connectivity index (χ3n) is 3.61. The summed E-state index contributed by atoms with van der Waals surface area (Å²) in [7, 11) is 0. The molecule has 4 rings (SSSR count). The Morgan fingerprint density at radius 1 is 0.909 bits per heavy atom. The van der Waals surface area contributed by atoms with Crippen molar-refractivity contribution in [2.45, 2.75) is 13.8 Å². The molecule has 0 spiro atoms. The summed E-state index contributed by atoms with van der Waals surface area (Å²) >= 11 is 0. The summed E-state index contributed by atoms with van der Waals surface area (Å²) in [4.78, 5) is 19.3. The minimum Gasteiger partial charge on any atom is -0.508 e. The Balaban J connectivity index is 1.94. The highest BCUT2D eigenvalue weighted by Crippen LogP contribution is 2.34. The second kappa shape index (κ2) is 4.20. The minimum atomic E-state index is 0.0499. The topological polar surface area (TPSA) is 111 Å². The zero-order valence-corrected chi connectivity index (χ0v) is 12.0. The van der Waals surface area contributed by atoms with Crippen LogP contribution < -0.4 is 0 Å². The van der Waals surface area contributed by atoms with E-state index in [1.807, 2.05) is 13.0 Å². The number of phenols is 2. The van der Waals surface area contributed by atoms with Gasteiger partial charge in [0, 0.05) is 0 Å². The number of aromatic nitrogens is 5. The van der Waals surface area contributed by atoms with Crippen LogP contribution in [0.4, 0.5) is 0 Å². The van der Waals surface area contributed by atoms with Crippen molar-refractivity contribution in [2.75, 3.05) is 0 Å². The summed E-state index contributed by atoms with van der Waals surface area (Å²) in [5.74, 6) is 1.38. The highest BCUT2D eigenvalue weighted by molar-refractivity contribution is 5.87. The molecule has 0 fully saturated rings. The Labute approximate surface area is 124 Å². The summed E-state index contributed by atoms with van der Waals surface area (Å²) in [6.45, 7) is 3.58. The van der Waals surface area contributed by atoms with E-state index in [9.17, 15) is 10.2 Å². The van der Waals surface area contributed by atoms with Gasteiger partial charge in [-0.25, -0.2) is 15.0 Å². The van der Waals surface area contributed by atoms with E-state index in [0.717, 1.165) is 11.3 Å². The average molecular weight is 295 g/mol. The van der Waals surface area contributed by atoms with Crippen LogP contribution in [0.1, 0.15) is 11.4 Å². The third-order valence-corrected chi connectivity index (χ3v) is 3.61. The van der Waals surface area contributed by atoms with E-state index < -0.39 is 0 Å². The van der Waals surface area contributed by atoms with E-state index in [1.165, 1.54) is 12.1 Å². The van der Waals surface area contributed by atoms with E-state index in [-0.39, 0.29) is 11.5 Å². The normalized spacial score (nSPS) is 11.5. The van der Waals surface area contributed by atoms with Gasteiger partial charge in [0.1, 0.15) is 28.7 Å². The van der Waals surface area contributed by atoms with Crippen molar-refractivity contribution in [1.82, 2.24) is 24.9 Å². The van der Waals surface area contributed by atoms with Crippen molar-refractivity contribution in [3.05, 3.63) is 29.6 Å². The van der Waals surface area contributed by atoms with Gasteiger partial charge in [-0.05, 0) is 37.6 Å². The molecule has 110 valence electrons. The molecule has 0 unspecified atom stereocenters. The molecule has 0 saturated carbocycles. The third kappa shape index (κ3) is 1.79. The molecule has 0 aliphatic heterocycles. The van der Waals surface area contributed by atoms with Gasteiger partial charge in [-0.2, -0.15) is 0 Å². The lowest BCUT2D eigenvalue weighted by Crippen LogP contribution is -1.84. The summed E-state index contributed by atoms with van der Waals surface area (Å²) in [5, 5.41) is 19.9. The predicted molar refractivity (Wildman–Crippen MR) is 81.8 cm³/mol. The first-order chi connectivity index (χ1) is 10.5. The van der Waals surface area contributed by atoms with Crippen LogP contribution in [-0.2, 0) is 0 Å². The van der Waals surface area contributed by atoms with Gasteiger partial charge in [0.2, 0.25) is 0 Å². The number of hydrogen-bond donors (Lipinski definition) is 4. The van der Waals surface area contributed by atoms with Crippen LogP contribution in [0, 0.1) is 13.8 Å². The maximum atomic E-state index is 10.1. The molecule has 0 aliphatic rings. The van der Waals surface area contributed by atoms with Crippen LogP contribution in [-0.4, -0.2) is 35.1 Å². The molecule has 0 bridgehead atoms. The van der Waals surface area contributed by atoms with Crippen molar-refractivity contribution in [3.8, 4) is 22.9 Å². The van der Waals surface area contributed by atoms with Gasteiger partial charge in [-0.3, -0.25) is 0 Å². The van der Waals surface area contributed by atoms with E-state index >= 15 is 0 Å². The first kappa shape index (κ1) is 12.6. The van der Waals surface area contributed by atoms with Gasteiger partial charge < -0.3 is 20.2 Å². The number of rotatable bonds is 1. The molecular formula is C15H13N5O2. The molecule has 7 heteroatoms. The number of aromatic hydroxyl groups is 2. The minimum absolute atomic E-state index is 0.0499. The maximum Gasteiger partial charge on any atom is 0.179 e. The van der Waals surface area contributed by atoms with Crippen molar-refractivity contribution >= 4 is 22.3 Å². The van der Waals surface area contributed by atoms with Crippen LogP contribution in [0.2, 0.25) is 0 Å². The van der Waals surface area contributed by atoms with Gasteiger partial charge in [0.05, 0.1) is 11.1 Å². The standard InChI is InChI=1S/C15H13N5O2/c1-6-3-12(22)8(4-11(6)21)13-18-10-5-9-14(17-7(2)16-9)20-15(10)19-13/h3-5,21-22H,1-2H3,(H2,16,17,18,19,20). The second-order valence-corrected chi connectivity index (χ2v) is 5.29. The van der Waals surface area contributed by atoms with Crippen LogP contribution in [0.25, 0.3) is 33.7 Å². The molecule has 7 nitrogen and oxygen atoms in total. The molecule has 0 amide bonds. The molecule has 3 heterocycles. The molecule has 0 saturated heterocycles. The Morgan fingerprint density at radius 3 is 2.55 bits per heavy atom. The molecule has 0 radical (unpaired) electrons. The number of nitrogens with zero attached hydrogens (tertiary/aromatic N) is 3. The molecule has 0 aliphatic carbocycles. The van der Waals surface area contributed by atoms with Crippen LogP contribution in [0.15, 0.2) is 18.2 Å². The first-order valence-corrected chi connectivity index (χ1v) is 6.77. The Kier molecular flexibility index (Phi) is 2.41. The maximum absolute atomic E-state index is 10.1. The fourth-order valence-electron chi connectivity index (χ4n) is 2.49. The van der Waals surface area contributed by atoms with Crippen LogP contribution in [0.5, 0.6) is 11.5 Å². The fraction of sp³-hybridized carbons (Fsp3) is 0.133. The van der Waals surface area contributed by atoms with E-state index in [4.69, 9.17) is 0 Å². The van der Waals surface area contributed by atoms with Crippen LogP contribution >= 0.6 is 0 Å². The van der Waals surface area contributed by atoms with E-state index in [1.54, 1.807) is 6.92 Å². The number of fused-ring (bicyclic) bond motifs is 2. The van der Waals surface area contributed by atoms with Gasteiger partial charge >= 0.3 is 0 Å². The predicted octanol–water partition coefficient (Wildman–Crippen LogP) is 2.53. The Bertz CT molecular complexity index is 980. The number of pyridine rings is 1. The largest absolute Gasteiger partial charge is 0.508 e. The summed E-state index contributed by atoms with van der Waals surface area (Å²) in [5.41, 5.74) is 3.67. The smallest absolute Gasteiger partial charge is 0.179 e. The quantitative estimate of drug-likeness (QED) is 0.403. The SMILES string of the molecule is Cc1nc2nc3[nH]c(-c4cc(O)c(C)cc4O)nc3cc2[nH]1. The lowest BCUT2D eigenvalue weighted by atomic mass is 10.1. The summed E-state index contributed by atoms with van der Waals surface area (Å²) in [6.07, 6.45) is 0. The number of aryl methyl sites for hydroxylation is 2. The number of phenolic OH excluding ortho intramolecular Hbond substituents is 2. The molecule has 1 aromatic carbocycles. The highest BCUT2D eigenvalue weighted by atomic mass is 16.3. The van der Waals surface area contributed by atoms with Crippen molar-refractivity contribution in [1.29, 1.82) is 0 Å². The number of nitrogens with one attached hydrogen (secondary N) is 2. The zero-order chi connectivity index (χ0) is 15.4. The lowest BCUT2D eigenvalue weighted by Gasteiger charge is -2.04. The Morgan fingerprint density at radius 2 is 1.73 bits per heavy atom. The molecule has 0 atom stereocenters. The number of H-pyrrole nitrogens is 2. The summed E-state index contributed by atoms with van der Waals surface area (Å²) in [6, 6.07) is 4.83. The molecular weight excluding hydrogens is 282 g/mol. The number of aromatic amines is 2. The first-order valence-electron chi connectivity index (χ1n) is 6.77. The summed E-state index contributed by atoms with van der Waals surface area (Å²) < 4.78 is 0. The average Bonchev–Trinajstić information content (AvgIpc) is 3.01. The van der Waals surface area contributed by atoms with E-state index in [0.29, 0.717) is 33.8 Å². The number of hydrogen-bond acceptors (Lipinski definition) is 5. The zero-order valence-electron chi connectivity index (χ0n) is 12.0. The lowest BCUT2D eigenvalue weighted by molar-refractivity contribution is 0.458. The number of imidazole rings is 2. The molecule has 4 aromatic rings. The van der Waals surface area contributed by atoms with Gasteiger partial charge in [-0.1, -0.05) is 0 Å². The van der Waals surface area contributed by atoms with Gasteiger partial charge in [-0.15, -0.1) is 0 Å². The second-order valence-electron chi connectivity index (χ2n) is 5.29. The highest BCUT2D eigenvalue weighted by Gasteiger charge is 2.14. The van der Waals surface area contributed by atoms with Gasteiger partial charge in [0.15, 0.2) is 11.3 Å². The fourth-order valence-corrected chi connectivity index (χ4v) is 2.49. The van der Waals surface area contributed by atoms with E-state index in [2.05, 4.69) is 24.9 Å². The van der Waals surface area contributed by atoms with Crippen molar-refractivity contribution < 1.29 is 10.2 Å². The number of benzene rings is 1. The van der Waals surface area contributed by atoms with Crippen molar-refractivity contribution in [3.63, 3.8) is 0 Å². The van der Waals surface area contributed by atoms with Gasteiger partial charge in [0.25, 0.3) is 0 Å². The molecule has 4 N–H and O–H groups in total. The van der Waals surface area contributed by atoms with Crippen molar-refractivity contribution in [2.24, 2.45) is 0 Å². The monoisotopic (exact) mass is 295 g/mol. The van der Waals surface area contributed by atoms with Crippen LogP contribution in [0.3, 0.4) is 0 Å². The Hall–Kier alpha value is -3.09. The molecule has 3 aromatic heterocycles. The molecule has 22 heavy (non-hydrogen) atoms.